The van der Waals surface area contributed by atoms with Crippen LogP contribution < -0.4 is 15.4 Å². The molecule has 15 heavy (non-hydrogen) atoms. The van der Waals surface area contributed by atoms with Gasteiger partial charge in [0.2, 0.25) is 5.91 Å². The highest BCUT2D eigenvalue weighted by Crippen LogP contribution is 2.38. The van der Waals surface area contributed by atoms with Crippen molar-refractivity contribution in [3.63, 3.8) is 0 Å². The van der Waals surface area contributed by atoms with Gasteiger partial charge < -0.3 is 15.4 Å². The summed E-state index contributed by atoms with van der Waals surface area (Å²) in [6, 6.07) is 2.07. The van der Waals surface area contributed by atoms with E-state index in [-0.39, 0.29) is 5.91 Å². The van der Waals surface area contributed by atoms with Gasteiger partial charge in [0, 0.05) is 11.6 Å². The Kier molecular flexibility index (Phi) is 2.32. The van der Waals surface area contributed by atoms with E-state index < -0.39 is 11.9 Å². The summed E-state index contributed by atoms with van der Waals surface area (Å²) in [6.45, 7) is 0. The number of benzene rings is 1. The molecule has 1 atom stereocenters. The fourth-order valence-electron chi connectivity index (χ4n) is 1.75. The van der Waals surface area contributed by atoms with Crippen LogP contribution >= 0.6 is 0 Å². The second-order valence-corrected chi connectivity index (χ2v) is 3.28. The molecule has 5 heteroatoms. The van der Waals surface area contributed by atoms with Gasteiger partial charge in [0.25, 0.3) is 0 Å². The Labute approximate surface area is 86.4 Å². The second kappa shape index (κ2) is 3.51. The lowest BCUT2D eigenvalue weighted by atomic mass is 10.1. The van der Waals surface area contributed by atoms with Crippen molar-refractivity contribution in [2.24, 2.45) is 0 Å². The minimum Gasteiger partial charge on any atom is -0.494 e. The van der Waals surface area contributed by atoms with Crippen molar-refractivity contribution < 1.29 is 13.9 Å². The van der Waals surface area contributed by atoms with Gasteiger partial charge in [-0.15, -0.1) is 0 Å². The number of ether oxygens (including phenoxy) is 1. The molecule has 0 saturated heterocycles. The van der Waals surface area contributed by atoms with Crippen molar-refractivity contribution in [1.29, 1.82) is 0 Å². The number of amides is 1. The van der Waals surface area contributed by atoms with Gasteiger partial charge in [0.1, 0.15) is 17.6 Å². The van der Waals surface area contributed by atoms with Crippen LogP contribution in [0.4, 0.5) is 10.1 Å². The van der Waals surface area contributed by atoms with Crippen molar-refractivity contribution in [1.82, 2.24) is 5.32 Å². The molecule has 2 rings (SSSR count). The molecule has 80 valence electrons. The normalized spacial score (nSPS) is 18.6. The highest BCUT2D eigenvalue weighted by molar-refractivity contribution is 6.04. The van der Waals surface area contributed by atoms with E-state index in [4.69, 9.17) is 4.74 Å². The highest BCUT2D eigenvalue weighted by Gasteiger charge is 2.32. The van der Waals surface area contributed by atoms with E-state index in [1.165, 1.54) is 19.2 Å². The second-order valence-electron chi connectivity index (χ2n) is 3.28. The lowest BCUT2D eigenvalue weighted by molar-refractivity contribution is -0.117. The van der Waals surface area contributed by atoms with E-state index in [1.807, 2.05) is 0 Å². The van der Waals surface area contributed by atoms with Gasteiger partial charge in [-0.2, -0.15) is 0 Å². The number of carbonyl (C=O) groups excluding carboxylic acids is 1. The minimum atomic E-state index is -0.510. The third kappa shape index (κ3) is 1.45. The van der Waals surface area contributed by atoms with E-state index in [1.54, 1.807) is 7.05 Å². The van der Waals surface area contributed by atoms with E-state index in [0.717, 1.165) is 0 Å². The Hall–Kier alpha value is -1.62. The van der Waals surface area contributed by atoms with Crippen LogP contribution in [-0.2, 0) is 4.79 Å². The zero-order valence-electron chi connectivity index (χ0n) is 8.43. The number of hydrogen-bond acceptors (Lipinski definition) is 3. The van der Waals surface area contributed by atoms with Gasteiger partial charge in [-0.25, -0.2) is 4.39 Å². The van der Waals surface area contributed by atoms with Gasteiger partial charge in [0.15, 0.2) is 0 Å². The first-order valence-electron chi connectivity index (χ1n) is 4.53. The number of likely N-dealkylation sites (N-methyl/N-ethyl adjacent to an activating group) is 1. The number of fused-ring (bicyclic) bond motifs is 1. The number of carbonyl (C=O) groups is 1. The van der Waals surface area contributed by atoms with E-state index >= 15 is 0 Å². The summed E-state index contributed by atoms with van der Waals surface area (Å²) in [5, 5.41) is 5.47. The largest absolute Gasteiger partial charge is 0.494 e. The molecule has 1 heterocycles. The molecule has 0 saturated carbocycles. The van der Waals surface area contributed by atoms with E-state index in [0.29, 0.717) is 17.0 Å². The van der Waals surface area contributed by atoms with Crippen molar-refractivity contribution >= 4 is 11.6 Å². The lowest BCUT2D eigenvalue weighted by Gasteiger charge is -2.08. The molecule has 4 nitrogen and oxygen atoms in total. The van der Waals surface area contributed by atoms with Crippen LogP contribution in [0.2, 0.25) is 0 Å². The summed E-state index contributed by atoms with van der Waals surface area (Å²) in [5.74, 6) is -0.269. The Morgan fingerprint density at radius 3 is 2.87 bits per heavy atom. The monoisotopic (exact) mass is 210 g/mol. The number of rotatable bonds is 2. The van der Waals surface area contributed by atoms with Crippen LogP contribution in [-0.4, -0.2) is 20.1 Å². The summed E-state index contributed by atoms with van der Waals surface area (Å²) < 4.78 is 18.2. The summed E-state index contributed by atoms with van der Waals surface area (Å²) in [7, 11) is 3.09. The summed E-state index contributed by atoms with van der Waals surface area (Å²) in [5.41, 5.74) is 1.13. The number of nitrogens with one attached hydrogen (secondary N) is 2. The first kappa shape index (κ1) is 9.92. The fourth-order valence-corrected chi connectivity index (χ4v) is 1.75. The molecule has 0 bridgehead atoms. The lowest BCUT2D eigenvalue weighted by Crippen LogP contribution is -2.23. The smallest absolute Gasteiger partial charge is 0.246 e. The van der Waals surface area contributed by atoms with Crippen LogP contribution in [0, 0.1) is 5.82 Å². The molecule has 0 spiro atoms. The number of anilines is 1. The van der Waals surface area contributed by atoms with E-state index in [9.17, 15) is 9.18 Å². The first-order chi connectivity index (χ1) is 7.17. The van der Waals surface area contributed by atoms with Crippen molar-refractivity contribution in [2.45, 2.75) is 6.04 Å². The Bertz CT molecular complexity index is 420. The molecular formula is C10H11FN2O2. The Morgan fingerprint density at radius 1 is 1.53 bits per heavy atom. The highest BCUT2D eigenvalue weighted by atomic mass is 19.1. The Morgan fingerprint density at radius 2 is 2.27 bits per heavy atom. The van der Waals surface area contributed by atoms with Gasteiger partial charge in [-0.1, -0.05) is 0 Å². The predicted octanol–water partition coefficient (Wildman–Crippen LogP) is 1.05. The third-order valence-corrected chi connectivity index (χ3v) is 2.43. The molecule has 1 aliphatic rings. The molecular weight excluding hydrogens is 199 g/mol. The van der Waals surface area contributed by atoms with Gasteiger partial charge >= 0.3 is 0 Å². The van der Waals surface area contributed by atoms with Crippen LogP contribution in [0.25, 0.3) is 0 Å². The summed E-state index contributed by atoms with van der Waals surface area (Å²) >= 11 is 0. The number of halogens is 1. The zero-order valence-corrected chi connectivity index (χ0v) is 8.43. The first-order valence-corrected chi connectivity index (χ1v) is 4.53. The van der Waals surface area contributed by atoms with Crippen LogP contribution in [0.1, 0.15) is 11.6 Å². The average Bonchev–Trinajstić information content (AvgIpc) is 2.52. The third-order valence-electron chi connectivity index (χ3n) is 2.43. The van der Waals surface area contributed by atoms with Crippen LogP contribution in [0.3, 0.4) is 0 Å². The number of methoxy groups -OCH3 is 1. The maximum absolute atomic E-state index is 13.2. The fraction of sp³-hybridized carbons (Fsp3) is 0.300. The van der Waals surface area contributed by atoms with Gasteiger partial charge in [0.05, 0.1) is 12.8 Å². The molecule has 0 fully saturated rings. The van der Waals surface area contributed by atoms with Crippen molar-refractivity contribution in [3.05, 3.63) is 23.5 Å². The molecule has 0 aliphatic carbocycles. The molecule has 1 aliphatic heterocycles. The number of hydrogen-bond donors (Lipinski definition) is 2. The van der Waals surface area contributed by atoms with Crippen LogP contribution in [0.5, 0.6) is 5.75 Å². The molecule has 2 N–H and O–H groups in total. The van der Waals surface area contributed by atoms with Crippen molar-refractivity contribution in [3.8, 4) is 5.75 Å². The van der Waals surface area contributed by atoms with Crippen LogP contribution in [0.15, 0.2) is 12.1 Å². The SMILES string of the molecule is CNC1C(=O)Nc2c(OC)cc(F)cc21. The molecule has 1 amide bonds. The van der Waals surface area contributed by atoms with E-state index in [2.05, 4.69) is 10.6 Å². The molecule has 1 aromatic rings. The average molecular weight is 210 g/mol. The molecule has 0 aromatic heterocycles. The minimum absolute atomic E-state index is 0.198. The topological polar surface area (TPSA) is 50.4 Å². The maximum atomic E-state index is 13.2. The van der Waals surface area contributed by atoms with Crippen molar-refractivity contribution in [2.75, 3.05) is 19.5 Å². The van der Waals surface area contributed by atoms with Gasteiger partial charge in [-0.3, -0.25) is 4.79 Å². The molecule has 1 unspecified atom stereocenters. The Balaban J connectivity index is 2.57. The summed E-state index contributed by atoms with van der Waals surface area (Å²) in [6.07, 6.45) is 0. The summed E-state index contributed by atoms with van der Waals surface area (Å²) in [4.78, 5) is 11.5. The molecule has 0 radical (unpaired) electrons. The molecule has 1 aromatic carbocycles. The predicted molar refractivity (Wildman–Crippen MR) is 53.4 cm³/mol. The zero-order chi connectivity index (χ0) is 11.0. The van der Waals surface area contributed by atoms with Gasteiger partial charge in [-0.05, 0) is 13.1 Å². The standard InChI is InChI=1S/C10H11FN2O2/c1-12-9-6-3-5(11)4-7(15-2)8(6)13-10(9)14/h3-4,9,12H,1-2H3,(H,13,14). The quantitative estimate of drug-likeness (QED) is 0.767. The maximum Gasteiger partial charge on any atom is 0.246 e.